The van der Waals surface area contributed by atoms with Crippen LogP contribution >= 0.6 is 0 Å². The predicted octanol–water partition coefficient (Wildman–Crippen LogP) is 3.09. The number of anilines is 1. The minimum Gasteiger partial charge on any atom is -0.366 e. The summed E-state index contributed by atoms with van der Waals surface area (Å²) in [6.07, 6.45) is 12.4. The maximum atomic E-state index is 11.6. The van der Waals surface area contributed by atoms with Crippen molar-refractivity contribution < 1.29 is 4.79 Å². The number of aromatic nitrogens is 2. The van der Waals surface area contributed by atoms with Crippen molar-refractivity contribution in [3.05, 3.63) is 18.2 Å². The minimum absolute atomic E-state index is 0.351. The van der Waals surface area contributed by atoms with E-state index in [1.165, 1.54) is 25.7 Å². The summed E-state index contributed by atoms with van der Waals surface area (Å²) < 4.78 is 0. The van der Waals surface area contributed by atoms with Crippen LogP contribution in [0, 0.1) is 11.3 Å². The zero-order valence-corrected chi connectivity index (χ0v) is 16.3. The molecular formula is C21H32N4O. The van der Waals surface area contributed by atoms with Crippen molar-refractivity contribution in [2.75, 3.05) is 31.1 Å². The molecule has 2 aliphatic carbocycles. The molecule has 0 unspecified atom stereocenters. The van der Waals surface area contributed by atoms with E-state index in [0.717, 1.165) is 63.0 Å². The summed E-state index contributed by atoms with van der Waals surface area (Å²) in [6, 6.07) is 0.768. The molecule has 1 aromatic rings. The second kappa shape index (κ2) is 7.26. The van der Waals surface area contributed by atoms with Gasteiger partial charge < -0.3 is 4.90 Å². The molecule has 0 atom stereocenters. The van der Waals surface area contributed by atoms with Crippen molar-refractivity contribution in [1.29, 1.82) is 0 Å². The summed E-state index contributed by atoms with van der Waals surface area (Å²) in [4.78, 5) is 25.6. The zero-order valence-electron chi connectivity index (χ0n) is 16.3. The van der Waals surface area contributed by atoms with E-state index in [4.69, 9.17) is 0 Å². The number of carbonyl (C=O) groups is 1. The molecule has 1 aliphatic heterocycles. The molecule has 2 heterocycles. The molecule has 26 heavy (non-hydrogen) atoms. The molecule has 0 N–H and O–H groups in total. The Morgan fingerprint density at radius 1 is 1.12 bits per heavy atom. The van der Waals surface area contributed by atoms with Gasteiger partial charge in [0.05, 0.1) is 18.1 Å². The van der Waals surface area contributed by atoms with Crippen LogP contribution in [0.25, 0.3) is 0 Å². The van der Waals surface area contributed by atoms with Gasteiger partial charge in [0, 0.05) is 44.6 Å². The van der Waals surface area contributed by atoms with Gasteiger partial charge in [-0.1, -0.05) is 6.92 Å². The van der Waals surface area contributed by atoms with E-state index in [1.807, 2.05) is 12.4 Å². The number of rotatable bonds is 4. The average molecular weight is 357 g/mol. The maximum Gasteiger partial charge on any atom is 0.132 e. The van der Waals surface area contributed by atoms with Crippen LogP contribution in [-0.2, 0) is 11.2 Å². The Hall–Kier alpha value is -1.49. The number of piperazine rings is 1. The number of hydrogen-bond donors (Lipinski definition) is 0. The number of hydrogen-bond acceptors (Lipinski definition) is 5. The Morgan fingerprint density at radius 3 is 2.27 bits per heavy atom. The van der Waals surface area contributed by atoms with Gasteiger partial charge in [0.25, 0.3) is 0 Å². The van der Waals surface area contributed by atoms with Crippen LogP contribution in [-0.4, -0.2) is 52.9 Å². The van der Waals surface area contributed by atoms with Gasteiger partial charge in [-0.3, -0.25) is 9.69 Å². The standard InChI is InChI=1S/C21H32N4O/c1-3-20-22-14-19(15-23-20)25-10-8-24(9-11-25)18-12-21(13-18)6-4-17(5-7-21)16(2)26/h14-15,17-18H,3-13H2,1-2H3/t17-,18-,21?. The number of ketones is 1. The third-order valence-corrected chi connectivity index (χ3v) is 7.16. The zero-order chi connectivity index (χ0) is 18.1. The molecule has 5 nitrogen and oxygen atoms in total. The van der Waals surface area contributed by atoms with Crippen molar-refractivity contribution in [2.24, 2.45) is 11.3 Å². The van der Waals surface area contributed by atoms with Gasteiger partial charge in [0.2, 0.25) is 0 Å². The molecule has 0 aromatic carbocycles. The Labute approximate surface area is 157 Å². The summed E-state index contributed by atoms with van der Waals surface area (Å²) in [7, 11) is 0. The second-order valence-electron chi connectivity index (χ2n) is 8.68. The Bertz CT molecular complexity index is 620. The fourth-order valence-electron chi connectivity index (χ4n) is 5.28. The second-order valence-corrected chi connectivity index (χ2v) is 8.68. The van der Waals surface area contributed by atoms with Crippen LogP contribution in [0.5, 0.6) is 0 Å². The highest BCUT2D eigenvalue weighted by molar-refractivity contribution is 5.78. The van der Waals surface area contributed by atoms with Crippen LogP contribution in [0.4, 0.5) is 5.69 Å². The molecule has 1 saturated heterocycles. The molecule has 0 radical (unpaired) electrons. The lowest BCUT2D eigenvalue weighted by Gasteiger charge is -2.56. The minimum atomic E-state index is 0.351. The van der Waals surface area contributed by atoms with E-state index in [1.54, 1.807) is 6.92 Å². The monoisotopic (exact) mass is 356 g/mol. The third-order valence-electron chi connectivity index (χ3n) is 7.16. The van der Waals surface area contributed by atoms with Gasteiger partial charge in [-0.05, 0) is 50.9 Å². The summed E-state index contributed by atoms with van der Waals surface area (Å²) >= 11 is 0. The first-order valence-electron chi connectivity index (χ1n) is 10.4. The Morgan fingerprint density at radius 2 is 1.73 bits per heavy atom. The quantitative estimate of drug-likeness (QED) is 0.830. The maximum absolute atomic E-state index is 11.6. The van der Waals surface area contributed by atoms with Crippen molar-refractivity contribution in [2.45, 2.75) is 64.8 Å². The molecule has 5 heteroatoms. The normalized spacial score (nSPS) is 32.5. The van der Waals surface area contributed by atoms with Crippen molar-refractivity contribution in [1.82, 2.24) is 14.9 Å². The average Bonchev–Trinajstić information content (AvgIpc) is 2.66. The lowest BCUT2D eigenvalue weighted by molar-refractivity contribution is -0.124. The fraction of sp³-hybridized carbons (Fsp3) is 0.762. The number of Topliss-reactive ketones (excluding diaryl/α,β-unsaturated/α-hetero) is 1. The van der Waals surface area contributed by atoms with Gasteiger partial charge in [-0.2, -0.15) is 0 Å². The topological polar surface area (TPSA) is 49.3 Å². The summed E-state index contributed by atoms with van der Waals surface area (Å²) in [5.74, 6) is 1.68. The van der Waals surface area contributed by atoms with Gasteiger partial charge in [-0.15, -0.1) is 0 Å². The van der Waals surface area contributed by atoms with Crippen molar-refractivity contribution >= 4 is 11.5 Å². The molecule has 3 fully saturated rings. The van der Waals surface area contributed by atoms with Crippen LogP contribution in [0.2, 0.25) is 0 Å². The smallest absolute Gasteiger partial charge is 0.132 e. The SMILES string of the molecule is CCc1ncc(N2CCN([C@H]3CC4(CC[C@H](C(C)=O)CC4)C3)CC2)cn1. The number of carbonyl (C=O) groups excluding carboxylic acids is 1. The predicted molar refractivity (Wildman–Crippen MR) is 103 cm³/mol. The number of nitrogens with zero attached hydrogens (tertiary/aromatic N) is 4. The molecule has 3 aliphatic rings. The van der Waals surface area contributed by atoms with Gasteiger partial charge in [0.15, 0.2) is 0 Å². The number of aryl methyl sites for hydroxylation is 1. The van der Waals surface area contributed by atoms with Gasteiger partial charge in [-0.25, -0.2) is 9.97 Å². The highest BCUT2D eigenvalue weighted by atomic mass is 16.1. The van der Waals surface area contributed by atoms with E-state index >= 15 is 0 Å². The lowest BCUT2D eigenvalue weighted by atomic mass is 9.56. The van der Waals surface area contributed by atoms with E-state index < -0.39 is 0 Å². The lowest BCUT2D eigenvalue weighted by Crippen LogP contribution is -2.57. The molecule has 0 amide bonds. The van der Waals surface area contributed by atoms with Crippen LogP contribution in [0.15, 0.2) is 12.4 Å². The highest BCUT2D eigenvalue weighted by Crippen LogP contribution is 2.54. The first-order chi connectivity index (χ1) is 12.6. The highest BCUT2D eigenvalue weighted by Gasteiger charge is 2.48. The summed E-state index contributed by atoms with van der Waals surface area (Å²) in [5, 5.41) is 0. The molecule has 0 bridgehead atoms. The van der Waals surface area contributed by atoms with E-state index in [-0.39, 0.29) is 0 Å². The van der Waals surface area contributed by atoms with Crippen molar-refractivity contribution in [3.8, 4) is 0 Å². The first kappa shape index (κ1) is 17.9. The Balaban J connectivity index is 1.24. The fourth-order valence-corrected chi connectivity index (χ4v) is 5.28. The van der Waals surface area contributed by atoms with Crippen LogP contribution in [0.3, 0.4) is 0 Å². The molecular weight excluding hydrogens is 324 g/mol. The van der Waals surface area contributed by atoms with Gasteiger partial charge >= 0.3 is 0 Å². The summed E-state index contributed by atoms with van der Waals surface area (Å²) in [5.41, 5.74) is 1.73. The van der Waals surface area contributed by atoms with Gasteiger partial charge in [0.1, 0.15) is 11.6 Å². The molecule has 1 spiro atoms. The van der Waals surface area contributed by atoms with E-state index in [0.29, 0.717) is 17.1 Å². The van der Waals surface area contributed by atoms with Crippen LogP contribution in [0.1, 0.15) is 58.2 Å². The molecule has 2 saturated carbocycles. The first-order valence-corrected chi connectivity index (χ1v) is 10.4. The van der Waals surface area contributed by atoms with E-state index in [9.17, 15) is 4.79 Å². The van der Waals surface area contributed by atoms with Crippen molar-refractivity contribution in [3.63, 3.8) is 0 Å². The molecule has 142 valence electrons. The third kappa shape index (κ3) is 3.51. The van der Waals surface area contributed by atoms with Crippen LogP contribution < -0.4 is 4.90 Å². The van der Waals surface area contributed by atoms with E-state index in [2.05, 4.69) is 26.7 Å². The molecule has 1 aromatic heterocycles. The largest absolute Gasteiger partial charge is 0.366 e. The Kier molecular flexibility index (Phi) is 5.00. The summed E-state index contributed by atoms with van der Waals surface area (Å²) in [6.45, 7) is 8.30. The molecule has 4 rings (SSSR count).